The van der Waals surface area contributed by atoms with Gasteiger partial charge in [-0.2, -0.15) is 18.4 Å². The zero-order valence-corrected chi connectivity index (χ0v) is 17.3. The Labute approximate surface area is 183 Å². The fraction of sp³-hybridized carbons (Fsp3) is 0.333. The van der Waals surface area contributed by atoms with E-state index in [-0.39, 0.29) is 17.8 Å². The normalized spacial score (nSPS) is 17.6. The van der Waals surface area contributed by atoms with Crippen molar-refractivity contribution in [2.24, 2.45) is 9.98 Å². The average molecular weight is 438 g/mol. The van der Waals surface area contributed by atoms with Crippen molar-refractivity contribution in [1.29, 1.82) is 5.26 Å². The smallest absolute Gasteiger partial charge is 0.334 e. The highest BCUT2D eigenvalue weighted by Crippen LogP contribution is 2.33. The summed E-state index contributed by atoms with van der Waals surface area (Å²) < 4.78 is 38.4. The number of carbonyl (C=O) groups excluding carboxylic acids is 1. The number of benzene rings is 2. The van der Waals surface area contributed by atoms with Crippen molar-refractivity contribution in [3.63, 3.8) is 0 Å². The Morgan fingerprint density at radius 3 is 2.53 bits per heavy atom. The first-order chi connectivity index (χ1) is 15.3. The van der Waals surface area contributed by atoms with Gasteiger partial charge in [0.05, 0.1) is 11.6 Å². The second-order valence-electron chi connectivity index (χ2n) is 7.97. The van der Waals surface area contributed by atoms with Crippen LogP contribution in [-0.4, -0.2) is 28.9 Å². The maximum atomic E-state index is 12.8. The molecule has 0 saturated carbocycles. The molecule has 2 aliphatic heterocycles. The van der Waals surface area contributed by atoms with Crippen LogP contribution in [0.4, 0.5) is 13.2 Å². The van der Waals surface area contributed by atoms with Gasteiger partial charge in [-0.3, -0.25) is 9.79 Å². The van der Waals surface area contributed by atoms with Gasteiger partial charge in [-0.05, 0) is 53.3 Å². The second kappa shape index (κ2) is 8.95. The number of hydrogen-bond acceptors (Lipinski definition) is 4. The Balaban J connectivity index is 1.34. The molecule has 2 aliphatic rings. The van der Waals surface area contributed by atoms with E-state index in [9.17, 15) is 18.0 Å². The van der Waals surface area contributed by atoms with E-state index < -0.39 is 11.7 Å². The van der Waals surface area contributed by atoms with Crippen molar-refractivity contribution in [2.75, 3.05) is 0 Å². The maximum absolute atomic E-state index is 12.8. The lowest BCUT2D eigenvalue weighted by Crippen LogP contribution is -2.25. The quantitative estimate of drug-likeness (QED) is 0.648. The van der Waals surface area contributed by atoms with E-state index in [4.69, 9.17) is 5.26 Å². The average Bonchev–Trinajstić information content (AvgIpc) is 3.22. The monoisotopic (exact) mass is 438 g/mol. The number of hydrogen-bond donors (Lipinski definition) is 0. The maximum Gasteiger partial charge on any atom is 0.416 e. The minimum absolute atomic E-state index is 0.00276. The molecule has 32 heavy (non-hydrogen) atoms. The SMILES string of the molecule is N#CC1=NC(CCCC(=O)N2Cc3ccc(-c4ccc(C(F)(F)F)cc4)cc3C2)CC=N1. The molecular formula is C24H21F3N4O. The van der Waals surface area contributed by atoms with Crippen molar-refractivity contribution >= 4 is 18.0 Å². The third-order valence-corrected chi connectivity index (χ3v) is 5.75. The Hall–Kier alpha value is -3.47. The summed E-state index contributed by atoms with van der Waals surface area (Å²) in [5.41, 5.74) is 2.94. The van der Waals surface area contributed by atoms with Crippen molar-refractivity contribution < 1.29 is 18.0 Å². The number of amides is 1. The van der Waals surface area contributed by atoms with Gasteiger partial charge in [0, 0.05) is 32.1 Å². The molecule has 4 rings (SSSR count). The highest BCUT2D eigenvalue weighted by molar-refractivity contribution is 6.02. The number of halogens is 3. The number of alkyl halides is 3. The summed E-state index contributed by atoms with van der Waals surface area (Å²) >= 11 is 0. The van der Waals surface area contributed by atoms with Gasteiger partial charge in [0.25, 0.3) is 0 Å². The van der Waals surface area contributed by atoms with Gasteiger partial charge in [0.2, 0.25) is 11.7 Å². The minimum atomic E-state index is -4.35. The van der Waals surface area contributed by atoms with Crippen LogP contribution in [0.5, 0.6) is 0 Å². The summed E-state index contributed by atoms with van der Waals surface area (Å²) in [5, 5.41) is 8.89. The van der Waals surface area contributed by atoms with Gasteiger partial charge < -0.3 is 4.90 Å². The molecule has 0 aromatic heterocycles. The van der Waals surface area contributed by atoms with E-state index >= 15 is 0 Å². The van der Waals surface area contributed by atoms with E-state index in [2.05, 4.69) is 9.98 Å². The van der Waals surface area contributed by atoms with E-state index in [0.29, 0.717) is 37.9 Å². The van der Waals surface area contributed by atoms with E-state index in [1.54, 1.807) is 11.1 Å². The van der Waals surface area contributed by atoms with Crippen LogP contribution < -0.4 is 0 Å². The standard InChI is InChI=1S/C24H21F3N4O/c25-24(26,27)20-8-6-16(7-9-20)17-4-5-18-14-31(15-19(18)12-17)23(32)3-1-2-21-10-11-29-22(13-28)30-21/h4-9,11-12,21H,1-3,10,14-15H2. The highest BCUT2D eigenvalue weighted by atomic mass is 19.4. The van der Waals surface area contributed by atoms with Gasteiger partial charge in [-0.25, -0.2) is 4.99 Å². The summed E-state index contributed by atoms with van der Waals surface area (Å²) in [7, 11) is 0. The second-order valence-corrected chi connectivity index (χ2v) is 7.97. The lowest BCUT2D eigenvalue weighted by atomic mass is 9.99. The van der Waals surface area contributed by atoms with Crippen LogP contribution in [0.3, 0.4) is 0 Å². The summed E-state index contributed by atoms with van der Waals surface area (Å²) in [6.45, 7) is 1.03. The highest BCUT2D eigenvalue weighted by Gasteiger charge is 2.30. The number of nitriles is 1. The molecule has 1 unspecified atom stereocenters. The Morgan fingerprint density at radius 1 is 1.09 bits per heavy atom. The van der Waals surface area contributed by atoms with Crippen molar-refractivity contribution in [1.82, 2.24) is 4.90 Å². The van der Waals surface area contributed by atoms with E-state index in [1.165, 1.54) is 12.1 Å². The number of rotatable bonds is 5. The zero-order chi connectivity index (χ0) is 22.7. The van der Waals surface area contributed by atoms with Crippen molar-refractivity contribution in [2.45, 2.75) is 51.0 Å². The molecule has 2 heterocycles. The summed E-state index contributed by atoms with van der Waals surface area (Å²) in [5.74, 6) is 0.248. The Kier molecular flexibility index (Phi) is 6.08. The molecule has 2 aromatic carbocycles. The lowest BCUT2D eigenvalue weighted by Gasteiger charge is -2.17. The first-order valence-corrected chi connectivity index (χ1v) is 10.4. The molecular weight excluding hydrogens is 417 g/mol. The molecule has 0 radical (unpaired) electrons. The van der Waals surface area contributed by atoms with Gasteiger partial charge in [-0.1, -0.05) is 24.3 Å². The van der Waals surface area contributed by atoms with Crippen LogP contribution >= 0.6 is 0 Å². The third kappa shape index (κ3) is 4.88. The molecule has 0 fully saturated rings. The number of aliphatic imine (C=N–C) groups is 2. The zero-order valence-electron chi connectivity index (χ0n) is 17.3. The van der Waals surface area contributed by atoms with Crippen LogP contribution in [-0.2, 0) is 24.1 Å². The molecule has 0 aliphatic carbocycles. The molecule has 8 heteroatoms. The molecule has 2 aromatic rings. The van der Waals surface area contributed by atoms with Crippen molar-refractivity contribution in [3.05, 3.63) is 59.2 Å². The summed E-state index contributed by atoms with van der Waals surface area (Å²) in [6.07, 6.45) is -0.160. The first-order valence-electron chi connectivity index (χ1n) is 10.4. The molecule has 0 N–H and O–H groups in total. The Bertz CT molecular complexity index is 1110. The largest absolute Gasteiger partial charge is 0.416 e. The number of nitrogens with zero attached hydrogens (tertiary/aromatic N) is 4. The van der Waals surface area contributed by atoms with Crippen LogP contribution in [0.1, 0.15) is 42.4 Å². The van der Waals surface area contributed by atoms with Gasteiger partial charge in [0.15, 0.2) is 0 Å². The Morgan fingerprint density at radius 2 is 1.81 bits per heavy atom. The van der Waals surface area contributed by atoms with Crippen LogP contribution in [0.25, 0.3) is 11.1 Å². The van der Waals surface area contributed by atoms with E-state index in [0.717, 1.165) is 35.2 Å². The molecule has 0 bridgehead atoms. The van der Waals surface area contributed by atoms with Crippen LogP contribution in [0.15, 0.2) is 52.4 Å². The summed E-state index contributed by atoms with van der Waals surface area (Å²) in [6, 6.07) is 12.8. The third-order valence-electron chi connectivity index (χ3n) is 5.75. The van der Waals surface area contributed by atoms with Gasteiger partial charge >= 0.3 is 6.18 Å². The van der Waals surface area contributed by atoms with Gasteiger partial charge in [-0.15, -0.1) is 0 Å². The minimum Gasteiger partial charge on any atom is -0.334 e. The number of carbonyl (C=O) groups is 1. The topological polar surface area (TPSA) is 68.8 Å². The number of fused-ring (bicyclic) bond motifs is 1. The number of amidine groups is 1. The molecule has 1 atom stereocenters. The molecule has 164 valence electrons. The lowest BCUT2D eigenvalue weighted by molar-refractivity contribution is -0.137. The molecule has 1 amide bonds. The molecule has 0 saturated heterocycles. The fourth-order valence-electron chi connectivity index (χ4n) is 4.01. The molecule has 5 nitrogen and oxygen atoms in total. The first kappa shape index (κ1) is 21.8. The van der Waals surface area contributed by atoms with Crippen LogP contribution in [0, 0.1) is 11.3 Å². The van der Waals surface area contributed by atoms with Crippen LogP contribution in [0.2, 0.25) is 0 Å². The van der Waals surface area contributed by atoms with Crippen molar-refractivity contribution in [3.8, 4) is 17.2 Å². The predicted octanol–water partition coefficient (Wildman–Crippen LogP) is 5.15. The predicted molar refractivity (Wildman–Crippen MR) is 115 cm³/mol. The summed E-state index contributed by atoms with van der Waals surface area (Å²) in [4.78, 5) is 22.6. The fourth-order valence-corrected chi connectivity index (χ4v) is 4.01. The molecule has 0 spiro atoms. The van der Waals surface area contributed by atoms with E-state index in [1.807, 2.05) is 24.3 Å². The van der Waals surface area contributed by atoms with Gasteiger partial charge in [0.1, 0.15) is 6.07 Å².